The lowest BCUT2D eigenvalue weighted by atomic mass is 9.82. The minimum atomic E-state index is 0.405. The normalized spacial score (nSPS) is 21.3. The van der Waals surface area contributed by atoms with Gasteiger partial charge in [0.15, 0.2) is 0 Å². The molecule has 0 spiro atoms. The van der Waals surface area contributed by atoms with Crippen LogP contribution >= 0.6 is 11.3 Å². The van der Waals surface area contributed by atoms with Crippen LogP contribution in [0.3, 0.4) is 0 Å². The molecule has 0 saturated heterocycles. The lowest BCUT2D eigenvalue weighted by molar-refractivity contribution is 0.249. The van der Waals surface area contributed by atoms with Crippen molar-refractivity contribution in [1.82, 2.24) is 10.3 Å². The lowest BCUT2D eigenvalue weighted by Gasteiger charge is -2.32. The first-order valence-corrected chi connectivity index (χ1v) is 7.84. The maximum absolute atomic E-state index is 4.40. The Kier molecular flexibility index (Phi) is 4.99. The van der Waals surface area contributed by atoms with Gasteiger partial charge < -0.3 is 5.32 Å². The largest absolute Gasteiger partial charge is 0.305 e. The molecule has 2 nitrogen and oxygen atoms in total. The van der Waals surface area contributed by atoms with Crippen molar-refractivity contribution in [2.24, 2.45) is 5.92 Å². The highest BCUT2D eigenvalue weighted by molar-refractivity contribution is 7.09. The minimum absolute atomic E-state index is 0.405. The van der Waals surface area contributed by atoms with E-state index in [0.717, 1.165) is 5.92 Å². The van der Waals surface area contributed by atoms with E-state index in [1.54, 1.807) is 11.3 Å². The second-order valence-corrected chi connectivity index (χ2v) is 6.10. The first-order chi connectivity index (χ1) is 8.31. The van der Waals surface area contributed by atoms with Crippen LogP contribution in [-0.4, -0.2) is 11.0 Å². The third kappa shape index (κ3) is 3.52. The third-order valence-corrected chi connectivity index (χ3v) is 4.90. The third-order valence-electron chi connectivity index (χ3n) is 3.94. The molecule has 0 aliphatic heterocycles. The van der Waals surface area contributed by atoms with Crippen LogP contribution in [-0.2, 0) is 0 Å². The molecule has 1 fully saturated rings. The summed E-state index contributed by atoms with van der Waals surface area (Å²) in [7, 11) is 0. The Labute approximate surface area is 109 Å². The zero-order valence-corrected chi connectivity index (χ0v) is 11.8. The van der Waals surface area contributed by atoms with Crippen molar-refractivity contribution >= 4 is 11.3 Å². The Morgan fingerprint density at radius 1 is 1.41 bits per heavy atom. The van der Waals surface area contributed by atoms with Gasteiger partial charge in [-0.3, -0.25) is 0 Å². The number of nitrogens with zero attached hydrogens (tertiary/aromatic N) is 1. The van der Waals surface area contributed by atoms with Gasteiger partial charge in [0.2, 0.25) is 0 Å². The number of hydrogen-bond acceptors (Lipinski definition) is 3. The van der Waals surface area contributed by atoms with Gasteiger partial charge in [-0.1, -0.05) is 26.2 Å². The molecule has 1 aliphatic rings. The standard InChI is InChI=1S/C14H24N2S/c1-3-13(12-7-5-4-6-8-12)16-11(2)14-15-9-10-17-14/h9-13,16H,3-8H2,1-2H3. The zero-order chi connectivity index (χ0) is 12.1. The summed E-state index contributed by atoms with van der Waals surface area (Å²) in [6, 6.07) is 1.08. The van der Waals surface area contributed by atoms with Gasteiger partial charge in [-0.25, -0.2) is 4.98 Å². The van der Waals surface area contributed by atoms with Crippen LogP contribution in [0.4, 0.5) is 0 Å². The van der Waals surface area contributed by atoms with Crippen molar-refractivity contribution < 1.29 is 0 Å². The van der Waals surface area contributed by atoms with Crippen LogP contribution < -0.4 is 5.32 Å². The van der Waals surface area contributed by atoms with Crippen LogP contribution in [0.25, 0.3) is 0 Å². The molecule has 2 rings (SSSR count). The van der Waals surface area contributed by atoms with Gasteiger partial charge in [0.25, 0.3) is 0 Å². The summed E-state index contributed by atoms with van der Waals surface area (Å²) in [5.41, 5.74) is 0. The van der Waals surface area contributed by atoms with Crippen LogP contribution in [0, 0.1) is 5.92 Å². The van der Waals surface area contributed by atoms with Crippen LogP contribution in [0.5, 0.6) is 0 Å². The topological polar surface area (TPSA) is 24.9 Å². The molecule has 96 valence electrons. The maximum Gasteiger partial charge on any atom is 0.109 e. The summed E-state index contributed by atoms with van der Waals surface area (Å²) in [6.45, 7) is 4.55. The summed E-state index contributed by atoms with van der Waals surface area (Å²) in [5.74, 6) is 0.885. The van der Waals surface area contributed by atoms with Crippen molar-refractivity contribution in [3.05, 3.63) is 16.6 Å². The Bertz CT molecular complexity index is 304. The molecule has 1 saturated carbocycles. The molecule has 2 unspecified atom stereocenters. The number of nitrogens with one attached hydrogen (secondary N) is 1. The Morgan fingerprint density at radius 2 is 2.18 bits per heavy atom. The summed E-state index contributed by atoms with van der Waals surface area (Å²) in [4.78, 5) is 4.40. The molecule has 2 atom stereocenters. The molecule has 1 aromatic heterocycles. The molecule has 0 aromatic carbocycles. The van der Waals surface area contributed by atoms with Crippen LogP contribution in [0.2, 0.25) is 0 Å². The molecule has 1 aromatic rings. The van der Waals surface area contributed by atoms with E-state index < -0.39 is 0 Å². The van der Waals surface area contributed by atoms with Crippen molar-refractivity contribution in [3.8, 4) is 0 Å². The summed E-state index contributed by atoms with van der Waals surface area (Å²) in [5, 5.41) is 7.07. The summed E-state index contributed by atoms with van der Waals surface area (Å²) < 4.78 is 0. The van der Waals surface area contributed by atoms with Crippen molar-refractivity contribution in [2.75, 3.05) is 0 Å². The van der Waals surface area contributed by atoms with E-state index in [-0.39, 0.29) is 0 Å². The SMILES string of the molecule is CCC(NC(C)c1nccs1)C1CCCCC1. The molecule has 1 aliphatic carbocycles. The highest BCUT2D eigenvalue weighted by Gasteiger charge is 2.24. The fourth-order valence-electron chi connectivity index (χ4n) is 2.96. The summed E-state index contributed by atoms with van der Waals surface area (Å²) >= 11 is 1.76. The van der Waals surface area contributed by atoms with Gasteiger partial charge in [0.1, 0.15) is 5.01 Å². The second kappa shape index (κ2) is 6.50. The fraction of sp³-hybridized carbons (Fsp3) is 0.786. The summed E-state index contributed by atoms with van der Waals surface area (Å²) in [6.07, 6.45) is 10.3. The quantitative estimate of drug-likeness (QED) is 0.851. The molecule has 1 heterocycles. The molecular formula is C14H24N2S. The minimum Gasteiger partial charge on any atom is -0.305 e. The number of rotatable bonds is 5. The monoisotopic (exact) mass is 252 g/mol. The molecule has 0 bridgehead atoms. The number of aromatic nitrogens is 1. The Morgan fingerprint density at radius 3 is 2.76 bits per heavy atom. The maximum atomic E-state index is 4.40. The Balaban J connectivity index is 1.90. The molecule has 17 heavy (non-hydrogen) atoms. The van der Waals surface area contributed by atoms with Crippen LogP contribution in [0.15, 0.2) is 11.6 Å². The second-order valence-electron chi connectivity index (χ2n) is 5.17. The highest BCUT2D eigenvalue weighted by atomic mass is 32.1. The average Bonchev–Trinajstić information content (AvgIpc) is 2.90. The van der Waals surface area contributed by atoms with E-state index in [9.17, 15) is 0 Å². The fourth-order valence-corrected chi connectivity index (χ4v) is 3.62. The molecular weight excluding hydrogens is 228 g/mol. The van der Waals surface area contributed by atoms with Crippen molar-refractivity contribution in [3.63, 3.8) is 0 Å². The molecule has 3 heteroatoms. The lowest BCUT2D eigenvalue weighted by Crippen LogP contribution is -2.38. The molecule has 1 N–H and O–H groups in total. The number of thiazole rings is 1. The van der Waals surface area contributed by atoms with Crippen LogP contribution in [0.1, 0.15) is 63.4 Å². The zero-order valence-electron chi connectivity index (χ0n) is 11.0. The van der Waals surface area contributed by atoms with Gasteiger partial charge in [-0.15, -0.1) is 11.3 Å². The van der Waals surface area contributed by atoms with E-state index in [4.69, 9.17) is 0 Å². The predicted octanol–water partition coefficient (Wildman–Crippen LogP) is 4.15. The van der Waals surface area contributed by atoms with E-state index in [1.807, 2.05) is 6.20 Å². The van der Waals surface area contributed by atoms with Crippen molar-refractivity contribution in [2.45, 2.75) is 64.5 Å². The first-order valence-electron chi connectivity index (χ1n) is 6.96. The first kappa shape index (κ1) is 13.0. The predicted molar refractivity (Wildman–Crippen MR) is 74.3 cm³/mol. The van der Waals surface area contributed by atoms with Gasteiger partial charge in [-0.05, 0) is 32.1 Å². The van der Waals surface area contributed by atoms with Gasteiger partial charge in [-0.2, -0.15) is 0 Å². The van der Waals surface area contributed by atoms with Gasteiger partial charge in [0, 0.05) is 17.6 Å². The van der Waals surface area contributed by atoms with E-state index in [2.05, 4.69) is 29.5 Å². The number of hydrogen-bond donors (Lipinski definition) is 1. The van der Waals surface area contributed by atoms with Gasteiger partial charge >= 0.3 is 0 Å². The van der Waals surface area contributed by atoms with Gasteiger partial charge in [0.05, 0.1) is 6.04 Å². The van der Waals surface area contributed by atoms with E-state index >= 15 is 0 Å². The highest BCUT2D eigenvalue weighted by Crippen LogP contribution is 2.29. The molecule has 0 amide bonds. The smallest absolute Gasteiger partial charge is 0.109 e. The Hall–Kier alpha value is -0.410. The van der Waals surface area contributed by atoms with E-state index in [0.29, 0.717) is 12.1 Å². The van der Waals surface area contributed by atoms with Crippen molar-refractivity contribution in [1.29, 1.82) is 0 Å². The van der Waals surface area contributed by atoms with E-state index in [1.165, 1.54) is 43.5 Å². The average molecular weight is 252 g/mol. The molecule has 0 radical (unpaired) electrons.